The normalized spacial score (nSPS) is 17.0. The van der Waals surface area contributed by atoms with E-state index in [9.17, 15) is 9.90 Å². The minimum Gasteiger partial charge on any atom is -0.504 e. The van der Waals surface area contributed by atoms with Crippen molar-refractivity contribution in [2.24, 2.45) is 5.92 Å². The first-order chi connectivity index (χ1) is 12.0. The van der Waals surface area contributed by atoms with Gasteiger partial charge >= 0.3 is 0 Å². The molecule has 0 bridgehead atoms. The Kier molecular flexibility index (Phi) is 7.06. The summed E-state index contributed by atoms with van der Waals surface area (Å²) in [7, 11) is 0. The molecule has 0 spiro atoms. The molecule has 26 heavy (non-hydrogen) atoms. The van der Waals surface area contributed by atoms with Gasteiger partial charge in [-0.2, -0.15) is 5.10 Å². The van der Waals surface area contributed by atoms with Gasteiger partial charge in [-0.15, -0.1) is 12.4 Å². The zero-order valence-electron chi connectivity index (χ0n) is 15.2. The highest BCUT2D eigenvalue weighted by Crippen LogP contribution is 2.21. The van der Waals surface area contributed by atoms with Gasteiger partial charge in [-0.1, -0.05) is 26.0 Å². The third-order valence-electron chi connectivity index (χ3n) is 4.68. The van der Waals surface area contributed by atoms with Gasteiger partial charge < -0.3 is 15.7 Å². The summed E-state index contributed by atoms with van der Waals surface area (Å²) in [6.07, 6.45) is 3.71. The molecule has 1 aliphatic rings. The summed E-state index contributed by atoms with van der Waals surface area (Å²) in [5.41, 5.74) is 2.12. The van der Waals surface area contributed by atoms with E-state index in [0.717, 1.165) is 31.6 Å². The Morgan fingerprint density at radius 2 is 2.12 bits per heavy atom. The number of hydrogen-bond donors (Lipinski definition) is 3. The fourth-order valence-electron chi connectivity index (χ4n) is 3.09. The van der Waals surface area contributed by atoms with Crippen LogP contribution in [-0.2, 0) is 0 Å². The minimum absolute atomic E-state index is 0. The Morgan fingerprint density at radius 1 is 1.38 bits per heavy atom. The summed E-state index contributed by atoms with van der Waals surface area (Å²) >= 11 is 0. The standard InChI is InChI=1S/C19H26N4O2.ClH/c1-13(2)15-5-7-16(8-6-15)23-12-17(24)18(22-23)19(25)21-11-14-4-3-9-20-10-14;/h5-8,12-14,20,24H,3-4,9-11H2,1-2H3,(H,21,25);1H. The van der Waals surface area contributed by atoms with Crippen LogP contribution in [0.25, 0.3) is 5.69 Å². The zero-order valence-corrected chi connectivity index (χ0v) is 16.1. The highest BCUT2D eigenvalue weighted by atomic mass is 35.5. The lowest BCUT2D eigenvalue weighted by molar-refractivity contribution is 0.0937. The molecule has 7 heteroatoms. The van der Waals surface area contributed by atoms with E-state index in [4.69, 9.17) is 0 Å². The van der Waals surface area contributed by atoms with Gasteiger partial charge in [0.15, 0.2) is 11.4 Å². The van der Waals surface area contributed by atoms with Crippen LogP contribution < -0.4 is 10.6 Å². The molecule has 1 atom stereocenters. The average Bonchev–Trinajstić information content (AvgIpc) is 3.02. The number of aromatic hydroxyl groups is 1. The quantitative estimate of drug-likeness (QED) is 0.747. The number of aromatic nitrogens is 2. The van der Waals surface area contributed by atoms with Gasteiger partial charge in [-0.05, 0) is 55.5 Å². The van der Waals surface area contributed by atoms with E-state index in [1.54, 1.807) is 0 Å². The molecule has 1 fully saturated rings. The summed E-state index contributed by atoms with van der Waals surface area (Å²) in [5.74, 6) is 0.453. The second-order valence-corrected chi connectivity index (χ2v) is 6.98. The zero-order chi connectivity index (χ0) is 17.8. The van der Waals surface area contributed by atoms with Crippen LogP contribution in [0.5, 0.6) is 5.75 Å². The summed E-state index contributed by atoms with van der Waals surface area (Å²) in [5, 5.41) is 20.6. The number of halogens is 1. The molecular weight excluding hydrogens is 352 g/mol. The molecule has 1 unspecified atom stereocenters. The molecular formula is C19H27ClN4O2. The largest absolute Gasteiger partial charge is 0.504 e. The van der Waals surface area contributed by atoms with Crippen LogP contribution in [0.4, 0.5) is 0 Å². The van der Waals surface area contributed by atoms with Crippen molar-refractivity contribution >= 4 is 18.3 Å². The van der Waals surface area contributed by atoms with Gasteiger partial charge in [-0.25, -0.2) is 4.68 Å². The van der Waals surface area contributed by atoms with Gasteiger partial charge in [-0.3, -0.25) is 4.79 Å². The Balaban J connectivity index is 0.00000243. The second-order valence-electron chi connectivity index (χ2n) is 6.98. The maximum absolute atomic E-state index is 12.3. The lowest BCUT2D eigenvalue weighted by atomic mass is 10.00. The number of nitrogens with one attached hydrogen (secondary N) is 2. The fraction of sp³-hybridized carbons (Fsp3) is 0.474. The van der Waals surface area contributed by atoms with Crippen molar-refractivity contribution in [3.05, 3.63) is 41.7 Å². The topological polar surface area (TPSA) is 79.2 Å². The summed E-state index contributed by atoms with van der Waals surface area (Å²) < 4.78 is 1.54. The third-order valence-corrected chi connectivity index (χ3v) is 4.68. The number of piperidine rings is 1. The Hall–Kier alpha value is -2.05. The lowest BCUT2D eigenvalue weighted by Crippen LogP contribution is -2.38. The maximum Gasteiger partial charge on any atom is 0.275 e. The molecule has 142 valence electrons. The van der Waals surface area contributed by atoms with Crippen LogP contribution in [0.3, 0.4) is 0 Å². The number of nitrogens with zero attached hydrogens (tertiary/aromatic N) is 2. The van der Waals surface area contributed by atoms with Crippen molar-refractivity contribution in [2.75, 3.05) is 19.6 Å². The molecule has 3 rings (SSSR count). The molecule has 1 aliphatic heterocycles. The smallest absolute Gasteiger partial charge is 0.275 e. The van der Waals surface area contributed by atoms with Crippen molar-refractivity contribution in [3.8, 4) is 11.4 Å². The first-order valence-electron chi connectivity index (χ1n) is 8.92. The molecule has 0 aliphatic carbocycles. The molecule has 0 radical (unpaired) electrons. The highest BCUT2D eigenvalue weighted by molar-refractivity contribution is 5.94. The predicted octanol–water partition coefficient (Wildman–Crippen LogP) is 2.85. The molecule has 3 N–H and O–H groups in total. The molecule has 1 aromatic heterocycles. The minimum atomic E-state index is -0.333. The van der Waals surface area contributed by atoms with E-state index in [1.165, 1.54) is 16.4 Å². The van der Waals surface area contributed by atoms with Crippen LogP contribution in [0.2, 0.25) is 0 Å². The molecule has 1 saturated heterocycles. The fourth-order valence-corrected chi connectivity index (χ4v) is 3.09. The molecule has 6 nitrogen and oxygen atoms in total. The summed E-state index contributed by atoms with van der Waals surface area (Å²) in [4.78, 5) is 12.3. The Labute approximate surface area is 160 Å². The molecule has 1 amide bonds. The number of carbonyl (C=O) groups is 1. The van der Waals surface area contributed by atoms with Gasteiger partial charge in [0.1, 0.15) is 0 Å². The first-order valence-corrected chi connectivity index (χ1v) is 8.92. The average molecular weight is 379 g/mol. The maximum atomic E-state index is 12.3. The van der Waals surface area contributed by atoms with E-state index < -0.39 is 0 Å². The van der Waals surface area contributed by atoms with E-state index in [-0.39, 0.29) is 29.8 Å². The molecule has 2 aromatic rings. The number of amides is 1. The van der Waals surface area contributed by atoms with Gasteiger partial charge in [0, 0.05) is 6.54 Å². The van der Waals surface area contributed by atoms with Crippen molar-refractivity contribution in [2.45, 2.75) is 32.6 Å². The molecule has 0 saturated carbocycles. The van der Waals surface area contributed by atoms with Gasteiger partial charge in [0.25, 0.3) is 5.91 Å². The van der Waals surface area contributed by atoms with Crippen LogP contribution in [0, 0.1) is 5.92 Å². The van der Waals surface area contributed by atoms with Crippen LogP contribution in [-0.4, -0.2) is 40.4 Å². The lowest BCUT2D eigenvalue weighted by Gasteiger charge is -2.22. The van der Waals surface area contributed by atoms with Gasteiger partial charge in [0.2, 0.25) is 0 Å². The van der Waals surface area contributed by atoms with Crippen molar-refractivity contribution in [3.63, 3.8) is 0 Å². The Morgan fingerprint density at radius 3 is 2.73 bits per heavy atom. The monoisotopic (exact) mass is 378 g/mol. The van der Waals surface area contributed by atoms with Gasteiger partial charge in [0.05, 0.1) is 11.9 Å². The number of hydrogen-bond acceptors (Lipinski definition) is 4. The van der Waals surface area contributed by atoms with Crippen LogP contribution in [0.1, 0.15) is 48.7 Å². The number of benzene rings is 1. The number of carbonyl (C=O) groups excluding carboxylic acids is 1. The summed E-state index contributed by atoms with van der Waals surface area (Å²) in [6, 6.07) is 7.96. The first kappa shape index (κ1) is 20.3. The van der Waals surface area contributed by atoms with E-state index in [2.05, 4.69) is 29.6 Å². The summed E-state index contributed by atoms with van der Waals surface area (Å²) in [6.45, 7) is 6.84. The third kappa shape index (κ3) is 4.77. The van der Waals surface area contributed by atoms with Crippen molar-refractivity contribution in [1.82, 2.24) is 20.4 Å². The SMILES string of the molecule is CC(C)c1ccc(-n2cc(O)c(C(=O)NCC3CCCNC3)n2)cc1.Cl. The molecule has 2 heterocycles. The van der Waals surface area contributed by atoms with Crippen LogP contribution >= 0.6 is 12.4 Å². The van der Waals surface area contributed by atoms with E-state index >= 15 is 0 Å². The van der Waals surface area contributed by atoms with Crippen molar-refractivity contribution in [1.29, 1.82) is 0 Å². The predicted molar refractivity (Wildman–Crippen MR) is 104 cm³/mol. The number of rotatable bonds is 5. The van der Waals surface area contributed by atoms with E-state index in [1.807, 2.05) is 24.3 Å². The Bertz CT molecular complexity index is 722. The van der Waals surface area contributed by atoms with Crippen LogP contribution in [0.15, 0.2) is 30.5 Å². The van der Waals surface area contributed by atoms with E-state index in [0.29, 0.717) is 18.4 Å². The molecule has 1 aromatic carbocycles. The van der Waals surface area contributed by atoms with Crippen molar-refractivity contribution < 1.29 is 9.90 Å². The highest BCUT2D eigenvalue weighted by Gasteiger charge is 2.19. The second kappa shape index (κ2) is 9.05.